The van der Waals surface area contributed by atoms with Gasteiger partial charge in [-0.15, -0.1) is 0 Å². The van der Waals surface area contributed by atoms with Gasteiger partial charge in [-0.05, 0) is 35.2 Å². The van der Waals surface area contributed by atoms with Crippen molar-refractivity contribution >= 4 is 17.3 Å². The molecule has 3 aromatic rings. The molecule has 6 heteroatoms. The average Bonchev–Trinajstić information content (AvgIpc) is 2.75. The number of carbonyl (C=O) groups excluding carboxylic acids is 1. The van der Waals surface area contributed by atoms with Gasteiger partial charge in [-0.1, -0.05) is 48.5 Å². The normalized spacial score (nSPS) is 19.6. The number of anilines is 1. The Morgan fingerprint density at radius 2 is 1.83 bits per heavy atom. The molecule has 2 heterocycles. The van der Waals surface area contributed by atoms with E-state index >= 15 is 0 Å². The lowest BCUT2D eigenvalue weighted by Gasteiger charge is -2.47. The number of benzene rings is 3. The van der Waals surface area contributed by atoms with Crippen LogP contribution in [-0.4, -0.2) is 17.0 Å². The van der Waals surface area contributed by atoms with Gasteiger partial charge in [0.1, 0.15) is 6.17 Å². The standard InChI is InChI=1S/C23H19N3O3/c27-23-19-10-3-4-11-21(19)25-14-16-7-1-2-9-18(16)20(22(25)24-23)13-15-6-5-8-17(12-15)26(28)29/h1-12,20,22H,13-14H2,(H,24,27)/t20-,22+/m1/s1. The summed E-state index contributed by atoms with van der Waals surface area (Å²) in [6.45, 7) is 0.712. The van der Waals surface area contributed by atoms with E-state index in [-0.39, 0.29) is 28.6 Å². The van der Waals surface area contributed by atoms with Crippen LogP contribution < -0.4 is 10.2 Å². The van der Waals surface area contributed by atoms with E-state index in [9.17, 15) is 14.9 Å². The predicted octanol–water partition coefficient (Wildman–Crippen LogP) is 4.01. The second-order valence-corrected chi connectivity index (χ2v) is 7.50. The van der Waals surface area contributed by atoms with Crippen molar-refractivity contribution in [1.82, 2.24) is 5.32 Å². The van der Waals surface area contributed by atoms with Crippen molar-refractivity contribution in [3.05, 3.63) is 105 Å². The number of amides is 1. The van der Waals surface area contributed by atoms with Crippen molar-refractivity contribution in [2.75, 3.05) is 4.90 Å². The number of rotatable bonds is 3. The number of hydrogen-bond acceptors (Lipinski definition) is 4. The van der Waals surface area contributed by atoms with E-state index in [1.54, 1.807) is 12.1 Å². The molecule has 144 valence electrons. The minimum Gasteiger partial charge on any atom is -0.346 e. The lowest BCUT2D eigenvalue weighted by molar-refractivity contribution is -0.384. The van der Waals surface area contributed by atoms with Crippen LogP contribution in [0.2, 0.25) is 0 Å². The van der Waals surface area contributed by atoms with E-state index in [0.717, 1.165) is 11.3 Å². The molecule has 0 spiro atoms. The number of nitrogens with one attached hydrogen (secondary N) is 1. The molecule has 0 aliphatic carbocycles. The molecule has 2 aliphatic heterocycles. The summed E-state index contributed by atoms with van der Waals surface area (Å²) < 4.78 is 0. The van der Waals surface area contributed by atoms with Gasteiger partial charge in [0, 0.05) is 24.6 Å². The fraction of sp³-hybridized carbons (Fsp3) is 0.174. The van der Waals surface area contributed by atoms with E-state index in [1.807, 2.05) is 42.5 Å². The third-order valence-corrected chi connectivity index (χ3v) is 5.83. The summed E-state index contributed by atoms with van der Waals surface area (Å²) in [7, 11) is 0. The molecule has 2 aliphatic rings. The van der Waals surface area contributed by atoms with Gasteiger partial charge < -0.3 is 10.2 Å². The zero-order chi connectivity index (χ0) is 20.0. The van der Waals surface area contributed by atoms with Crippen LogP contribution in [-0.2, 0) is 13.0 Å². The maximum atomic E-state index is 12.8. The second kappa shape index (κ2) is 6.74. The number of carbonyl (C=O) groups is 1. The monoisotopic (exact) mass is 385 g/mol. The highest BCUT2D eigenvalue weighted by Crippen LogP contribution is 2.40. The SMILES string of the molecule is O=C1N[C@@H]2[C@H](Cc3cccc([N+](=O)[O-])c3)c3ccccc3CN2c2ccccc21. The number of nitrogens with zero attached hydrogens (tertiary/aromatic N) is 2. The van der Waals surface area contributed by atoms with Crippen LogP contribution in [0.25, 0.3) is 0 Å². The minimum atomic E-state index is -0.372. The van der Waals surface area contributed by atoms with Gasteiger partial charge in [0.2, 0.25) is 0 Å². The molecule has 3 aromatic carbocycles. The Bertz CT molecular complexity index is 1130. The van der Waals surface area contributed by atoms with Crippen molar-refractivity contribution in [3.63, 3.8) is 0 Å². The summed E-state index contributed by atoms with van der Waals surface area (Å²) in [6, 6.07) is 22.7. The first-order chi connectivity index (χ1) is 14.1. The van der Waals surface area contributed by atoms with Gasteiger partial charge in [0.05, 0.1) is 16.2 Å². The average molecular weight is 385 g/mol. The summed E-state index contributed by atoms with van der Waals surface area (Å²) in [5.41, 5.74) is 4.97. The first-order valence-corrected chi connectivity index (χ1v) is 9.59. The molecule has 1 N–H and O–H groups in total. The van der Waals surface area contributed by atoms with Crippen molar-refractivity contribution in [1.29, 1.82) is 0 Å². The highest BCUT2D eigenvalue weighted by molar-refractivity contribution is 6.02. The van der Waals surface area contributed by atoms with Gasteiger partial charge >= 0.3 is 0 Å². The van der Waals surface area contributed by atoms with Crippen molar-refractivity contribution < 1.29 is 9.72 Å². The van der Waals surface area contributed by atoms with Crippen LogP contribution in [0.1, 0.15) is 33.0 Å². The summed E-state index contributed by atoms with van der Waals surface area (Å²) >= 11 is 0. The Labute approximate surface area is 167 Å². The fourth-order valence-electron chi connectivity index (χ4n) is 4.52. The van der Waals surface area contributed by atoms with Crippen molar-refractivity contribution in [2.24, 2.45) is 0 Å². The molecule has 0 unspecified atom stereocenters. The number of nitro groups is 1. The molecule has 0 bridgehead atoms. The zero-order valence-electron chi connectivity index (χ0n) is 15.6. The first kappa shape index (κ1) is 17.4. The van der Waals surface area contributed by atoms with Gasteiger partial charge in [-0.25, -0.2) is 0 Å². The number of non-ortho nitro benzene ring substituents is 1. The van der Waals surface area contributed by atoms with Crippen LogP contribution in [0.3, 0.4) is 0 Å². The Morgan fingerprint density at radius 3 is 2.69 bits per heavy atom. The van der Waals surface area contributed by atoms with Gasteiger partial charge in [0.15, 0.2) is 0 Å². The third kappa shape index (κ3) is 2.93. The smallest absolute Gasteiger partial charge is 0.269 e. The minimum absolute atomic E-state index is 0.0146. The quantitative estimate of drug-likeness (QED) is 0.546. The van der Waals surface area contributed by atoms with E-state index in [1.165, 1.54) is 17.2 Å². The summed E-state index contributed by atoms with van der Waals surface area (Å²) in [5, 5.41) is 14.4. The topological polar surface area (TPSA) is 75.5 Å². The summed E-state index contributed by atoms with van der Waals surface area (Å²) in [5.74, 6) is -0.0930. The van der Waals surface area contributed by atoms with Crippen molar-refractivity contribution in [3.8, 4) is 0 Å². The molecule has 0 saturated heterocycles. The van der Waals surface area contributed by atoms with Gasteiger partial charge in [-0.2, -0.15) is 0 Å². The molecular weight excluding hydrogens is 366 g/mol. The molecule has 0 radical (unpaired) electrons. The van der Waals surface area contributed by atoms with Gasteiger partial charge in [-0.3, -0.25) is 14.9 Å². The molecule has 1 amide bonds. The van der Waals surface area contributed by atoms with Crippen LogP contribution >= 0.6 is 0 Å². The number of para-hydroxylation sites is 1. The number of nitro benzene ring substituents is 1. The molecular formula is C23H19N3O3. The van der Waals surface area contributed by atoms with Crippen molar-refractivity contribution in [2.45, 2.75) is 25.0 Å². The molecule has 5 rings (SSSR count). The highest BCUT2D eigenvalue weighted by Gasteiger charge is 2.40. The number of fused-ring (bicyclic) bond motifs is 4. The molecule has 0 fully saturated rings. The first-order valence-electron chi connectivity index (χ1n) is 9.59. The lowest BCUT2D eigenvalue weighted by atomic mass is 9.81. The van der Waals surface area contributed by atoms with Crippen LogP contribution in [0.15, 0.2) is 72.8 Å². The van der Waals surface area contributed by atoms with E-state index in [0.29, 0.717) is 18.5 Å². The highest BCUT2D eigenvalue weighted by atomic mass is 16.6. The van der Waals surface area contributed by atoms with Crippen LogP contribution in [0.5, 0.6) is 0 Å². The van der Waals surface area contributed by atoms with Crippen LogP contribution in [0, 0.1) is 10.1 Å². The molecule has 6 nitrogen and oxygen atoms in total. The molecule has 2 atom stereocenters. The van der Waals surface area contributed by atoms with E-state index in [2.05, 4.69) is 22.3 Å². The Morgan fingerprint density at radius 1 is 1.03 bits per heavy atom. The summed E-state index contributed by atoms with van der Waals surface area (Å²) in [4.78, 5) is 25.8. The molecule has 29 heavy (non-hydrogen) atoms. The van der Waals surface area contributed by atoms with E-state index < -0.39 is 0 Å². The summed E-state index contributed by atoms with van der Waals surface area (Å²) in [6.07, 6.45) is 0.397. The predicted molar refractivity (Wildman–Crippen MR) is 110 cm³/mol. The lowest BCUT2D eigenvalue weighted by Crippen LogP contribution is -2.57. The largest absolute Gasteiger partial charge is 0.346 e. The Hall–Kier alpha value is -3.67. The maximum absolute atomic E-state index is 12.8. The third-order valence-electron chi connectivity index (χ3n) is 5.83. The Kier molecular flexibility index (Phi) is 4.05. The molecule has 0 saturated carbocycles. The molecule has 0 aromatic heterocycles. The zero-order valence-corrected chi connectivity index (χ0v) is 15.6. The number of hydrogen-bond donors (Lipinski definition) is 1. The van der Waals surface area contributed by atoms with E-state index in [4.69, 9.17) is 0 Å². The second-order valence-electron chi connectivity index (χ2n) is 7.50. The fourth-order valence-corrected chi connectivity index (χ4v) is 4.52. The van der Waals surface area contributed by atoms with Gasteiger partial charge in [0.25, 0.3) is 11.6 Å². The van der Waals surface area contributed by atoms with Crippen LogP contribution in [0.4, 0.5) is 11.4 Å². The Balaban J connectivity index is 1.59. The maximum Gasteiger partial charge on any atom is 0.269 e.